The maximum Gasteiger partial charge on any atom is 0.244 e. The van der Waals surface area contributed by atoms with Gasteiger partial charge < -0.3 is 10.5 Å². The molecule has 2 N–H and O–H groups in total. The summed E-state index contributed by atoms with van der Waals surface area (Å²) >= 11 is 10.9. The summed E-state index contributed by atoms with van der Waals surface area (Å²) in [5.74, 6) is 0. The van der Waals surface area contributed by atoms with E-state index in [1.165, 1.54) is 23.5 Å². The van der Waals surface area contributed by atoms with Gasteiger partial charge in [0.1, 0.15) is 9.88 Å². The van der Waals surface area contributed by atoms with Gasteiger partial charge in [-0.3, -0.25) is 0 Å². The van der Waals surface area contributed by atoms with Crippen molar-refractivity contribution in [3.63, 3.8) is 0 Å². The number of ether oxygens (including phenoxy) is 1. The molecule has 0 aliphatic rings. The summed E-state index contributed by atoms with van der Waals surface area (Å²) < 4.78 is 31.2. The minimum Gasteiger partial charge on any atom is -0.389 e. The molecule has 0 aliphatic heterocycles. The fourth-order valence-electron chi connectivity index (χ4n) is 1.64. The molecule has 0 saturated carbocycles. The molecule has 1 rings (SSSR count). The number of nitrogens with zero attached hydrogens (tertiary/aromatic N) is 1. The predicted octanol–water partition coefficient (Wildman–Crippen LogP) is 1.63. The lowest BCUT2D eigenvalue weighted by Crippen LogP contribution is -2.34. The van der Waals surface area contributed by atoms with Crippen LogP contribution in [0.1, 0.15) is 12.5 Å². The van der Waals surface area contributed by atoms with Gasteiger partial charge in [-0.05, 0) is 12.1 Å². The first-order valence-corrected chi connectivity index (χ1v) is 8.15. The number of benzene rings is 1. The number of hydrogen-bond acceptors (Lipinski definition) is 4. The van der Waals surface area contributed by atoms with Crippen LogP contribution in [-0.2, 0) is 14.8 Å². The molecule has 1 aromatic carbocycles. The van der Waals surface area contributed by atoms with E-state index < -0.39 is 10.0 Å². The lowest BCUT2D eigenvalue weighted by Gasteiger charge is -2.20. The molecular weight excluding hydrogens is 320 g/mol. The van der Waals surface area contributed by atoms with Gasteiger partial charge in [0, 0.05) is 25.8 Å². The first-order chi connectivity index (χ1) is 9.34. The zero-order valence-electron chi connectivity index (χ0n) is 11.3. The van der Waals surface area contributed by atoms with Crippen LogP contribution in [-0.4, -0.2) is 44.5 Å². The molecule has 1 aromatic rings. The van der Waals surface area contributed by atoms with Crippen molar-refractivity contribution in [3.8, 4) is 0 Å². The molecule has 0 spiro atoms. The Bertz CT molecular complexity index is 590. The van der Waals surface area contributed by atoms with Gasteiger partial charge in [0.15, 0.2) is 0 Å². The minimum absolute atomic E-state index is 0.0390. The van der Waals surface area contributed by atoms with Gasteiger partial charge in [0.05, 0.1) is 11.6 Å². The lowest BCUT2D eigenvalue weighted by atomic mass is 10.2. The lowest BCUT2D eigenvalue weighted by molar-refractivity contribution is 0.180. The van der Waals surface area contributed by atoms with Crippen molar-refractivity contribution in [2.24, 2.45) is 5.73 Å². The Morgan fingerprint density at radius 1 is 1.50 bits per heavy atom. The average molecular weight is 337 g/mol. The molecule has 0 atom stereocenters. The van der Waals surface area contributed by atoms with E-state index in [2.05, 4.69) is 0 Å². The van der Waals surface area contributed by atoms with E-state index in [9.17, 15) is 8.42 Å². The van der Waals surface area contributed by atoms with Crippen LogP contribution in [0.4, 0.5) is 0 Å². The van der Waals surface area contributed by atoms with Crippen molar-refractivity contribution in [3.05, 3.63) is 28.8 Å². The largest absolute Gasteiger partial charge is 0.389 e. The Hall–Kier alpha value is -0.730. The predicted molar refractivity (Wildman–Crippen MR) is 83.6 cm³/mol. The highest BCUT2D eigenvalue weighted by Gasteiger charge is 2.25. The molecule has 0 bridgehead atoms. The third-order valence-corrected chi connectivity index (χ3v) is 5.42. The van der Waals surface area contributed by atoms with Crippen molar-refractivity contribution < 1.29 is 13.2 Å². The Balaban J connectivity index is 3.17. The van der Waals surface area contributed by atoms with Crippen LogP contribution < -0.4 is 5.73 Å². The molecule has 0 radical (unpaired) electrons. The summed E-state index contributed by atoms with van der Waals surface area (Å²) in [6, 6.07) is 4.42. The summed E-state index contributed by atoms with van der Waals surface area (Å²) in [6.07, 6.45) is 0. The topological polar surface area (TPSA) is 72.6 Å². The number of halogens is 1. The van der Waals surface area contributed by atoms with Gasteiger partial charge >= 0.3 is 0 Å². The molecule has 0 aromatic heterocycles. The van der Waals surface area contributed by atoms with Crippen molar-refractivity contribution in [2.75, 3.05) is 26.8 Å². The third-order valence-electron chi connectivity index (χ3n) is 2.73. The zero-order chi connectivity index (χ0) is 15.3. The van der Waals surface area contributed by atoms with Gasteiger partial charge in [0.25, 0.3) is 0 Å². The summed E-state index contributed by atoms with van der Waals surface area (Å²) in [5, 5.41) is 0.103. The second-order valence-electron chi connectivity index (χ2n) is 4.00. The molecule has 8 heteroatoms. The van der Waals surface area contributed by atoms with E-state index in [0.717, 1.165) is 0 Å². The molecule has 0 heterocycles. The second kappa shape index (κ2) is 7.33. The average Bonchev–Trinajstić information content (AvgIpc) is 2.38. The van der Waals surface area contributed by atoms with Gasteiger partial charge in [-0.1, -0.05) is 36.8 Å². The number of sulfonamides is 1. The molecule has 0 amide bonds. The molecule has 0 aliphatic carbocycles. The van der Waals surface area contributed by atoms with E-state index in [0.29, 0.717) is 18.7 Å². The first-order valence-electron chi connectivity index (χ1n) is 5.93. The van der Waals surface area contributed by atoms with Crippen LogP contribution in [0.15, 0.2) is 23.1 Å². The SMILES string of the molecule is CCN(CCOC)S(=O)(=O)c1ccc(C(N)=S)cc1Cl. The number of methoxy groups -OCH3 is 1. The van der Waals surface area contributed by atoms with Crippen molar-refractivity contribution in [1.29, 1.82) is 0 Å². The van der Waals surface area contributed by atoms with Gasteiger partial charge in [-0.15, -0.1) is 0 Å². The van der Waals surface area contributed by atoms with Crippen LogP contribution in [0.25, 0.3) is 0 Å². The fourth-order valence-corrected chi connectivity index (χ4v) is 3.72. The molecular formula is C12H17ClN2O3S2. The zero-order valence-corrected chi connectivity index (χ0v) is 13.7. The molecule has 20 heavy (non-hydrogen) atoms. The second-order valence-corrected chi connectivity index (χ2v) is 6.75. The number of likely N-dealkylation sites (N-methyl/N-ethyl adjacent to an activating group) is 1. The third kappa shape index (κ3) is 3.89. The maximum atomic E-state index is 12.5. The summed E-state index contributed by atoms with van der Waals surface area (Å²) in [7, 11) is -2.14. The summed E-state index contributed by atoms with van der Waals surface area (Å²) in [4.78, 5) is 0.208. The Morgan fingerprint density at radius 2 is 2.15 bits per heavy atom. The highest BCUT2D eigenvalue weighted by atomic mass is 35.5. The number of hydrogen-bond donors (Lipinski definition) is 1. The Kier molecular flexibility index (Phi) is 6.35. The van der Waals surface area contributed by atoms with E-state index in [1.807, 2.05) is 0 Å². The van der Waals surface area contributed by atoms with Gasteiger partial charge in [-0.25, -0.2) is 8.42 Å². The quantitative estimate of drug-likeness (QED) is 0.766. The Morgan fingerprint density at radius 3 is 2.60 bits per heavy atom. The number of rotatable bonds is 7. The highest BCUT2D eigenvalue weighted by Crippen LogP contribution is 2.25. The standard InChI is InChI=1S/C12H17ClN2O3S2/c1-3-15(6-7-18-2)20(16,17)11-5-4-9(12(14)19)8-10(11)13/h4-5,8H,3,6-7H2,1-2H3,(H2,14,19). The smallest absolute Gasteiger partial charge is 0.244 e. The van der Waals surface area contributed by atoms with Gasteiger partial charge in [-0.2, -0.15) is 4.31 Å². The van der Waals surface area contributed by atoms with E-state index in [4.69, 9.17) is 34.3 Å². The minimum atomic E-state index is -3.66. The maximum absolute atomic E-state index is 12.5. The molecule has 5 nitrogen and oxygen atoms in total. The number of thiocarbonyl (C=S) groups is 1. The molecule has 0 unspecified atom stereocenters. The normalized spacial score (nSPS) is 11.8. The first kappa shape index (κ1) is 17.3. The number of nitrogens with two attached hydrogens (primary N) is 1. The van der Waals surface area contributed by atoms with Crippen molar-refractivity contribution in [2.45, 2.75) is 11.8 Å². The van der Waals surface area contributed by atoms with Crippen LogP contribution in [0.2, 0.25) is 5.02 Å². The van der Waals surface area contributed by atoms with E-state index >= 15 is 0 Å². The summed E-state index contributed by atoms with van der Waals surface area (Å²) in [5.41, 5.74) is 6.02. The fraction of sp³-hybridized carbons (Fsp3) is 0.417. The van der Waals surface area contributed by atoms with Gasteiger partial charge in [0.2, 0.25) is 10.0 Å². The van der Waals surface area contributed by atoms with Crippen molar-refractivity contribution in [1.82, 2.24) is 4.31 Å². The summed E-state index contributed by atoms with van der Waals surface area (Å²) in [6.45, 7) is 2.67. The monoisotopic (exact) mass is 336 g/mol. The molecule has 0 saturated heterocycles. The van der Waals surface area contributed by atoms with Crippen LogP contribution in [0, 0.1) is 0 Å². The van der Waals surface area contributed by atoms with Crippen LogP contribution in [0.3, 0.4) is 0 Å². The van der Waals surface area contributed by atoms with E-state index in [1.54, 1.807) is 13.0 Å². The van der Waals surface area contributed by atoms with Crippen LogP contribution in [0.5, 0.6) is 0 Å². The van der Waals surface area contributed by atoms with Crippen molar-refractivity contribution >= 4 is 38.8 Å². The molecule has 112 valence electrons. The highest BCUT2D eigenvalue weighted by molar-refractivity contribution is 7.89. The van der Waals surface area contributed by atoms with Crippen LogP contribution >= 0.6 is 23.8 Å². The Labute approximate surface area is 129 Å². The molecule has 0 fully saturated rings. The van der Waals surface area contributed by atoms with E-state index in [-0.39, 0.29) is 21.5 Å².